The lowest BCUT2D eigenvalue weighted by atomic mass is 10.1. The summed E-state index contributed by atoms with van der Waals surface area (Å²) in [6.07, 6.45) is 0. The number of carbonyl (C=O) groups excluding carboxylic acids is 1. The fourth-order valence-corrected chi connectivity index (χ4v) is 1.88. The first-order valence-electron chi connectivity index (χ1n) is 5.32. The van der Waals surface area contributed by atoms with Gasteiger partial charge >= 0.3 is 5.91 Å². The van der Waals surface area contributed by atoms with Crippen molar-refractivity contribution < 1.29 is 14.2 Å². The van der Waals surface area contributed by atoms with Crippen LogP contribution in [0.3, 0.4) is 0 Å². The van der Waals surface area contributed by atoms with Gasteiger partial charge in [-0.1, -0.05) is 0 Å². The van der Waals surface area contributed by atoms with Crippen LogP contribution in [0.1, 0.15) is 10.4 Å². The first-order valence-corrected chi connectivity index (χ1v) is 5.32. The molecule has 1 aromatic rings. The Kier molecular flexibility index (Phi) is 2.59. The monoisotopic (exact) mass is 236 g/mol. The van der Waals surface area contributed by atoms with E-state index in [1.165, 1.54) is 18.2 Å². The number of fused-ring (bicyclic) bond motifs is 1. The van der Waals surface area contributed by atoms with E-state index in [9.17, 15) is 14.9 Å². The summed E-state index contributed by atoms with van der Waals surface area (Å²) in [5.41, 5.74) is 1.06. The largest absolute Gasteiger partial charge is 0.378 e. The van der Waals surface area contributed by atoms with Crippen LogP contribution in [0.4, 0.5) is 11.4 Å². The van der Waals surface area contributed by atoms with E-state index >= 15 is 0 Å². The Morgan fingerprint density at radius 1 is 1.41 bits per heavy atom. The van der Waals surface area contributed by atoms with Gasteiger partial charge in [-0.3, -0.25) is 14.6 Å². The lowest BCUT2D eigenvalue weighted by Gasteiger charge is -2.24. The topological polar surface area (TPSA) is 72.2 Å². The van der Waals surface area contributed by atoms with Crippen molar-refractivity contribution >= 4 is 17.3 Å². The van der Waals surface area contributed by atoms with Crippen LogP contribution >= 0.6 is 0 Å². The zero-order valence-corrected chi connectivity index (χ0v) is 9.77. The van der Waals surface area contributed by atoms with Gasteiger partial charge in [0.05, 0.1) is 31.3 Å². The Labute approximate surface area is 98.6 Å². The molecule has 0 radical (unpaired) electrons. The maximum atomic E-state index is 12.2. The molecule has 1 aliphatic heterocycles. The van der Waals surface area contributed by atoms with E-state index in [0.29, 0.717) is 24.3 Å². The van der Waals surface area contributed by atoms with Crippen LogP contribution in [0.15, 0.2) is 18.2 Å². The normalized spacial score (nSPS) is 17.9. The van der Waals surface area contributed by atoms with Crippen molar-refractivity contribution in [1.29, 1.82) is 0 Å². The second-order valence-electron chi connectivity index (χ2n) is 4.63. The number of nitrogens with zero attached hydrogens (tertiary/aromatic N) is 2. The van der Waals surface area contributed by atoms with E-state index in [0.717, 1.165) is 0 Å². The van der Waals surface area contributed by atoms with Gasteiger partial charge in [-0.2, -0.15) is 0 Å². The minimum absolute atomic E-state index is 0.00347. The number of nitro groups is 1. The molecule has 1 aliphatic rings. The Morgan fingerprint density at radius 3 is 2.76 bits per heavy atom. The molecule has 6 heteroatoms. The number of quaternary nitrogens is 1. The summed E-state index contributed by atoms with van der Waals surface area (Å²) in [6, 6.07) is 4.30. The summed E-state index contributed by atoms with van der Waals surface area (Å²) in [4.78, 5) is 22.4. The number of benzene rings is 1. The number of nitro benzene ring substituents is 1. The average Bonchev–Trinajstić information content (AvgIpc) is 2.37. The molecule has 0 aliphatic carbocycles. The molecule has 17 heavy (non-hydrogen) atoms. The van der Waals surface area contributed by atoms with Crippen molar-refractivity contribution in [2.45, 2.75) is 0 Å². The molecular formula is C11H14N3O3+. The lowest BCUT2D eigenvalue weighted by Crippen LogP contribution is -2.46. The lowest BCUT2D eigenvalue weighted by molar-refractivity contribution is -0.805. The highest BCUT2D eigenvalue weighted by molar-refractivity contribution is 5.96. The van der Waals surface area contributed by atoms with Crippen molar-refractivity contribution in [3.63, 3.8) is 0 Å². The van der Waals surface area contributed by atoms with Crippen LogP contribution in [0.2, 0.25) is 0 Å². The number of carbonyl (C=O) groups is 1. The summed E-state index contributed by atoms with van der Waals surface area (Å²) >= 11 is 0. The number of non-ortho nitro benzene ring substituents is 1. The van der Waals surface area contributed by atoms with Crippen LogP contribution < -0.4 is 5.32 Å². The standard InChI is InChI=1S/C11H13N3O3/c1-14(2)6-5-12-10-7-8(13(16)17)3-4-9(10)11(14)15/h3-4,7H,5-6H2,1-2H3/p+1. The number of anilines is 1. The van der Waals surface area contributed by atoms with Crippen LogP contribution in [0, 0.1) is 10.1 Å². The smallest absolute Gasteiger partial charge is 0.347 e. The minimum atomic E-state index is -0.461. The molecule has 0 saturated carbocycles. The van der Waals surface area contributed by atoms with Crippen LogP contribution in [0.25, 0.3) is 0 Å². The average molecular weight is 236 g/mol. The Morgan fingerprint density at radius 2 is 2.12 bits per heavy atom. The molecule has 0 saturated heterocycles. The van der Waals surface area contributed by atoms with Crippen molar-refractivity contribution in [2.75, 3.05) is 32.5 Å². The highest BCUT2D eigenvalue weighted by Crippen LogP contribution is 2.26. The summed E-state index contributed by atoms with van der Waals surface area (Å²) < 4.78 is 0.248. The molecule has 90 valence electrons. The molecule has 1 heterocycles. The predicted molar refractivity (Wildman–Crippen MR) is 62.9 cm³/mol. The van der Waals surface area contributed by atoms with Crippen molar-refractivity contribution in [3.05, 3.63) is 33.9 Å². The van der Waals surface area contributed by atoms with Gasteiger partial charge in [0.2, 0.25) is 0 Å². The van der Waals surface area contributed by atoms with Crippen molar-refractivity contribution in [1.82, 2.24) is 0 Å². The van der Waals surface area contributed by atoms with E-state index in [1.807, 2.05) is 14.1 Å². The molecule has 2 rings (SSSR count). The Hall–Kier alpha value is -1.95. The van der Waals surface area contributed by atoms with Gasteiger partial charge in [0.1, 0.15) is 12.1 Å². The number of hydrogen-bond donors (Lipinski definition) is 1. The fraction of sp³-hybridized carbons (Fsp3) is 0.364. The van der Waals surface area contributed by atoms with Crippen molar-refractivity contribution in [2.24, 2.45) is 0 Å². The molecule has 0 bridgehead atoms. The second kappa shape index (κ2) is 3.81. The molecule has 1 N–H and O–H groups in total. The third-order valence-corrected chi connectivity index (χ3v) is 2.98. The first kappa shape index (κ1) is 11.5. The number of amides is 1. The highest BCUT2D eigenvalue weighted by atomic mass is 16.6. The van der Waals surface area contributed by atoms with Crippen LogP contribution in [-0.2, 0) is 0 Å². The van der Waals surface area contributed by atoms with E-state index < -0.39 is 4.92 Å². The Bertz CT molecular complexity index is 497. The molecule has 0 atom stereocenters. The quantitative estimate of drug-likeness (QED) is 0.452. The van der Waals surface area contributed by atoms with E-state index in [1.54, 1.807) is 0 Å². The SMILES string of the molecule is C[N+]1(C)CCNc2cc([N+](=O)[O-])ccc2C1=O. The van der Waals surface area contributed by atoms with Gasteiger partial charge in [0, 0.05) is 12.1 Å². The number of likely N-dealkylation sites (N-methyl/N-ethyl adjacent to an activating group) is 1. The molecule has 1 aromatic carbocycles. The van der Waals surface area contributed by atoms with Gasteiger partial charge in [-0.15, -0.1) is 0 Å². The molecule has 6 nitrogen and oxygen atoms in total. The summed E-state index contributed by atoms with van der Waals surface area (Å²) in [7, 11) is 3.67. The second-order valence-corrected chi connectivity index (χ2v) is 4.63. The van der Waals surface area contributed by atoms with Crippen molar-refractivity contribution in [3.8, 4) is 0 Å². The zero-order chi connectivity index (χ0) is 12.6. The maximum absolute atomic E-state index is 12.2. The van der Waals surface area contributed by atoms with E-state index in [2.05, 4.69) is 5.32 Å². The van der Waals surface area contributed by atoms with Gasteiger partial charge in [-0.05, 0) is 6.07 Å². The third-order valence-electron chi connectivity index (χ3n) is 2.98. The third kappa shape index (κ3) is 1.99. The Balaban J connectivity index is 2.51. The molecule has 0 unspecified atom stereocenters. The molecular weight excluding hydrogens is 222 g/mol. The zero-order valence-electron chi connectivity index (χ0n) is 9.77. The molecule has 0 fully saturated rings. The number of rotatable bonds is 1. The molecule has 0 spiro atoms. The van der Waals surface area contributed by atoms with Gasteiger partial charge in [-0.25, -0.2) is 4.79 Å². The van der Waals surface area contributed by atoms with E-state index in [4.69, 9.17) is 0 Å². The molecule has 0 aromatic heterocycles. The predicted octanol–water partition coefficient (Wildman–Crippen LogP) is 1.24. The number of nitrogens with one attached hydrogen (secondary N) is 1. The highest BCUT2D eigenvalue weighted by Gasteiger charge is 2.33. The minimum Gasteiger partial charge on any atom is -0.378 e. The van der Waals surface area contributed by atoms with E-state index in [-0.39, 0.29) is 16.1 Å². The van der Waals surface area contributed by atoms with Gasteiger partial charge in [0.15, 0.2) is 0 Å². The van der Waals surface area contributed by atoms with Crippen LogP contribution in [0.5, 0.6) is 0 Å². The summed E-state index contributed by atoms with van der Waals surface area (Å²) in [6.45, 7) is 1.27. The summed E-state index contributed by atoms with van der Waals surface area (Å²) in [5, 5.41) is 13.7. The summed E-state index contributed by atoms with van der Waals surface area (Å²) in [5.74, 6) is -0.0279. The molecule has 1 amide bonds. The maximum Gasteiger partial charge on any atom is 0.347 e. The fourth-order valence-electron chi connectivity index (χ4n) is 1.88. The van der Waals surface area contributed by atoms with Gasteiger partial charge in [0.25, 0.3) is 5.69 Å². The van der Waals surface area contributed by atoms with Gasteiger partial charge < -0.3 is 5.32 Å². The number of hydrogen-bond acceptors (Lipinski definition) is 4. The van der Waals surface area contributed by atoms with Crippen LogP contribution in [-0.4, -0.2) is 42.5 Å². The first-order chi connectivity index (χ1) is 7.92.